The molecule has 1 aliphatic carbocycles. The molecule has 180 valence electrons. The highest BCUT2D eigenvalue weighted by atomic mass is 15.1. The molecule has 4 aromatic rings. The van der Waals surface area contributed by atoms with Crippen LogP contribution in [0.25, 0.3) is 22.1 Å². The third kappa shape index (κ3) is 2.44. The maximum Gasteiger partial charge on any atom is 0.117 e. The van der Waals surface area contributed by atoms with E-state index < -0.39 is 0 Å². The van der Waals surface area contributed by atoms with E-state index in [0.717, 1.165) is 22.7 Å². The summed E-state index contributed by atoms with van der Waals surface area (Å²) in [4.78, 5) is 10.7. The van der Waals surface area contributed by atoms with E-state index in [1.54, 1.807) is 0 Å². The van der Waals surface area contributed by atoms with Gasteiger partial charge in [-0.1, -0.05) is 79.7 Å². The van der Waals surface area contributed by atoms with E-state index in [-0.39, 0.29) is 21.7 Å². The summed E-state index contributed by atoms with van der Waals surface area (Å²) in [5.74, 6) is 3.30. The lowest BCUT2D eigenvalue weighted by molar-refractivity contribution is -0.144. The van der Waals surface area contributed by atoms with Gasteiger partial charge in [-0.2, -0.15) is 0 Å². The zero-order valence-electron chi connectivity index (χ0n) is 22.6. The minimum atomic E-state index is -0.293. The Morgan fingerprint density at radius 1 is 0.588 bits per heavy atom. The lowest BCUT2D eigenvalue weighted by Crippen LogP contribution is -2.70. The van der Waals surface area contributed by atoms with Crippen LogP contribution in [0.4, 0.5) is 0 Å². The van der Waals surface area contributed by atoms with Crippen molar-refractivity contribution >= 4 is 22.1 Å². The van der Waals surface area contributed by atoms with Crippen molar-refractivity contribution in [1.29, 1.82) is 0 Å². The first-order valence-electron chi connectivity index (χ1n) is 12.7. The van der Waals surface area contributed by atoms with Gasteiger partial charge in [-0.05, 0) is 46.9 Å². The molecule has 1 saturated carbocycles. The summed E-state index contributed by atoms with van der Waals surface area (Å²) in [5, 5.41) is 0. The molecule has 2 heterocycles. The van der Waals surface area contributed by atoms with Crippen molar-refractivity contribution in [3.8, 4) is 0 Å². The van der Waals surface area contributed by atoms with Crippen LogP contribution in [-0.4, -0.2) is 19.1 Å². The van der Waals surface area contributed by atoms with E-state index in [2.05, 4.69) is 127 Å². The van der Waals surface area contributed by atoms with Gasteiger partial charge in [0, 0.05) is 24.9 Å². The Kier molecular flexibility index (Phi) is 4.74. The molecular formula is C30H40N4. The van der Waals surface area contributed by atoms with Gasteiger partial charge in [0.15, 0.2) is 0 Å². The molecule has 0 radical (unpaired) electrons. The van der Waals surface area contributed by atoms with Crippen molar-refractivity contribution in [1.82, 2.24) is 19.1 Å². The summed E-state index contributed by atoms with van der Waals surface area (Å²) in [5.41, 5.74) is 3.84. The van der Waals surface area contributed by atoms with Crippen LogP contribution in [0.3, 0.4) is 0 Å². The number of para-hydroxylation sites is 4. The molecule has 34 heavy (non-hydrogen) atoms. The van der Waals surface area contributed by atoms with E-state index in [1.807, 2.05) is 0 Å². The molecule has 4 nitrogen and oxygen atoms in total. The maximum atomic E-state index is 5.36. The predicted molar refractivity (Wildman–Crippen MR) is 142 cm³/mol. The largest absolute Gasteiger partial charge is 0.331 e. The molecule has 0 aliphatic heterocycles. The molecule has 5 rings (SSSR count). The molecule has 0 N–H and O–H groups in total. The highest BCUT2D eigenvalue weighted by Crippen LogP contribution is 2.70. The predicted octanol–water partition coefficient (Wildman–Crippen LogP) is 7.01. The van der Waals surface area contributed by atoms with Gasteiger partial charge in [0.05, 0.1) is 22.1 Å². The average Bonchev–Trinajstić information content (AvgIpc) is 3.33. The quantitative estimate of drug-likeness (QED) is 0.325. The van der Waals surface area contributed by atoms with Crippen LogP contribution in [-0.2, 0) is 24.9 Å². The molecule has 2 aromatic carbocycles. The molecule has 0 amide bonds. The molecule has 0 bridgehead atoms. The van der Waals surface area contributed by atoms with E-state index in [1.165, 1.54) is 11.0 Å². The number of fused-ring (bicyclic) bond motifs is 2. The fourth-order valence-corrected chi connectivity index (χ4v) is 7.66. The molecule has 1 aliphatic rings. The Balaban J connectivity index is 1.94. The van der Waals surface area contributed by atoms with E-state index >= 15 is 0 Å². The van der Waals surface area contributed by atoms with Gasteiger partial charge >= 0.3 is 0 Å². The van der Waals surface area contributed by atoms with Gasteiger partial charge in [0.1, 0.15) is 11.6 Å². The van der Waals surface area contributed by atoms with Crippen LogP contribution in [0.1, 0.15) is 67.0 Å². The zero-order valence-corrected chi connectivity index (χ0v) is 22.6. The number of imidazole rings is 2. The van der Waals surface area contributed by atoms with Gasteiger partial charge in [-0.25, -0.2) is 9.97 Å². The fraction of sp³-hybridized carbons (Fsp3) is 0.533. The van der Waals surface area contributed by atoms with Crippen molar-refractivity contribution in [3.05, 3.63) is 60.2 Å². The third-order valence-corrected chi connectivity index (χ3v) is 11.1. The minimum Gasteiger partial charge on any atom is -0.331 e. The van der Waals surface area contributed by atoms with Crippen molar-refractivity contribution in [2.75, 3.05) is 0 Å². The summed E-state index contributed by atoms with van der Waals surface area (Å²) in [7, 11) is 4.38. The summed E-state index contributed by atoms with van der Waals surface area (Å²) in [6.45, 7) is 19.7. The van der Waals surface area contributed by atoms with Crippen LogP contribution >= 0.6 is 0 Å². The lowest BCUT2D eigenvalue weighted by Gasteiger charge is -2.69. The lowest BCUT2D eigenvalue weighted by atomic mass is 9.34. The topological polar surface area (TPSA) is 35.6 Å². The average molecular weight is 457 g/mol. The number of hydrogen-bond acceptors (Lipinski definition) is 2. The van der Waals surface area contributed by atoms with E-state index in [0.29, 0.717) is 11.8 Å². The smallest absolute Gasteiger partial charge is 0.117 e. The zero-order chi connectivity index (χ0) is 24.8. The van der Waals surface area contributed by atoms with Crippen molar-refractivity contribution in [2.24, 2.45) is 36.8 Å². The highest BCUT2D eigenvalue weighted by Gasteiger charge is 2.71. The van der Waals surface area contributed by atoms with E-state index in [9.17, 15) is 0 Å². The number of hydrogen-bond donors (Lipinski definition) is 0. The van der Waals surface area contributed by atoms with Gasteiger partial charge < -0.3 is 9.13 Å². The molecule has 4 unspecified atom stereocenters. The Morgan fingerprint density at radius 2 is 0.912 bits per heavy atom. The molecule has 0 saturated heterocycles. The van der Waals surface area contributed by atoms with Crippen molar-refractivity contribution < 1.29 is 0 Å². The monoisotopic (exact) mass is 456 g/mol. The van der Waals surface area contributed by atoms with Gasteiger partial charge in [-0.3, -0.25) is 0 Å². The minimum absolute atomic E-state index is 0.0377. The molecule has 4 atom stereocenters. The number of nitrogens with zero attached hydrogens (tertiary/aromatic N) is 4. The van der Waals surface area contributed by atoms with Crippen LogP contribution in [0, 0.1) is 22.7 Å². The van der Waals surface area contributed by atoms with Crippen LogP contribution in [0.2, 0.25) is 0 Å². The Hall–Kier alpha value is -2.62. The Bertz CT molecular complexity index is 1300. The number of aromatic nitrogens is 4. The van der Waals surface area contributed by atoms with Crippen LogP contribution in [0.15, 0.2) is 48.5 Å². The summed E-state index contributed by atoms with van der Waals surface area (Å²) in [6.07, 6.45) is 0. The summed E-state index contributed by atoms with van der Waals surface area (Å²) >= 11 is 0. The molecule has 4 heteroatoms. The first-order valence-corrected chi connectivity index (χ1v) is 12.7. The Morgan fingerprint density at radius 3 is 1.24 bits per heavy atom. The molecule has 2 aromatic heterocycles. The first kappa shape index (κ1) is 23.1. The molecule has 1 fully saturated rings. The van der Waals surface area contributed by atoms with Gasteiger partial charge in [0.2, 0.25) is 0 Å². The van der Waals surface area contributed by atoms with Crippen LogP contribution < -0.4 is 0 Å². The second kappa shape index (κ2) is 6.96. The normalized spacial score (nSPS) is 30.8. The second-order valence-electron chi connectivity index (χ2n) is 12.2. The summed E-state index contributed by atoms with van der Waals surface area (Å²) in [6, 6.07) is 17.1. The fourth-order valence-electron chi connectivity index (χ4n) is 7.66. The second-order valence-corrected chi connectivity index (χ2v) is 12.2. The SMILES string of the molecule is CC1C(C)C(C)(C)C(C)(c2nc3ccccc3n2C)C(C)(c2nc3ccccc3n2C)C1(C)C. The number of benzene rings is 2. The number of rotatable bonds is 2. The van der Waals surface area contributed by atoms with Crippen molar-refractivity contribution in [3.63, 3.8) is 0 Å². The highest BCUT2D eigenvalue weighted by molar-refractivity contribution is 5.77. The van der Waals surface area contributed by atoms with Gasteiger partial charge in [-0.15, -0.1) is 0 Å². The maximum absolute atomic E-state index is 5.36. The van der Waals surface area contributed by atoms with Crippen molar-refractivity contribution in [2.45, 2.75) is 66.2 Å². The van der Waals surface area contributed by atoms with E-state index in [4.69, 9.17) is 9.97 Å². The number of aryl methyl sites for hydroxylation is 2. The molecule has 0 spiro atoms. The molecular weight excluding hydrogens is 416 g/mol. The summed E-state index contributed by atoms with van der Waals surface area (Å²) < 4.78 is 4.69. The Labute approximate surface area is 204 Å². The van der Waals surface area contributed by atoms with Gasteiger partial charge in [0.25, 0.3) is 0 Å². The standard InChI is InChI=1S/C30H40N4/c1-19-20(2)28(5,6)30(8,26-32-22-16-12-14-18-24(22)34(26)10)29(7,27(19,3)4)25-31-21-15-11-13-17-23(21)33(25)9/h11-20H,1-10H3. The third-order valence-electron chi connectivity index (χ3n) is 11.1. The van der Waals surface area contributed by atoms with Crippen LogP contribution in [0.5, 0.6) is 0 Å². The first-order chi connectivity index (χ1) is 15.8.